The molecular formula is C21H35N5O3. The van der Waals surface area contributed by atoms with Crippen LogP contribution in [0.25, 0.3) is 0 Å². The summed E-state index contributed by atoms with van der Waals surface area (Å²) < 4.78 is 6.80. The average Bonchev–Trinajstić information content (AvgIpc) is 3.34. The van der Waals surface area contributed by atoms with E-state index < -0.39 is 0 Å². The van der Waals surface area contributed by atoms with Crippen molar-refractivity contribution in [3.05, 3.63) is 17.5 Å². The lowest BCUT2D eigenvalue weighted by Gasteiger charge is -2.39. The molecule has 8 nitrogen and oxygen atoms in total. The fourth-order valence-corrected chi connectivity index (χ4v) is 4.56. The van der Waals surface area contributed by atoms with Crippen LogP contribution in [-0.2, 0) is 16.6 Å². The van der Waals surface area contributed by atoms with E-state index in [0.717, 1.165) is 44.6 Å². The third kappa shape index (κ3) is 5.57. The van der Waals surface area contributed by atoms with E-state index in [1.54, 1.807) is 18.0 Å². The second-order valence-corrected chi connectivity index (χ2v) is 8.27. The molecule has 1 unspecified atom stereocenters. The number of nitrogens with zero attached hydrogens (tertiary/aromatic N) is 5. The van der Waals surface area contributed by atoms with Gasteiger partial charge in [0.25, 0.3) is 5.91 Å². The molecule has 0 aliphatic carbocycles. The summed E-state index contributed by atoms with van der Waals surface area (Å²) in [7, 11) is 3.39. The number of rotatable bonds is 8. The minimum atomic E-state index is 0.0107. The van der Waals surface area contributed by atoms with Gasteiger partial charge in [-0.25, -0.2) is 0 Å². The smallest absolute Gasteiger partial charge is 0.257 e. The number of aromatic nitrogens is 2. The fraction of sp³-hybridized carbons (Fsp3) is 0.762. The Balaban J connectivity index is 1.63. The molecule has 0 spiro atoms. The molecule has 2 aliphatic rings. The van der Waals surface area contributed by atoms with Gasteiger partial charge in [-0.1, -0.05) is 0 Å². The van der Waals surface area contributed by atoms with Gasteiger partial charge in [0, 0.05) is 46.0 Å². The standard InChI is InChI=1S/C21H35N5O3/c1-17-19(15-23(2)22-17)21(28)25-12-6-8-18(14-25)26(20(27)16-29-3)13-7-11-24-9-4-5-10-24/h15,18H,4-14,16H2,1-3H3. The van der Waals surface area contributed by atoms with Gasteiger partial charge in [-0.2, -0.15) is 5.10 Å². The zero-order valence-electron chi connectivity index (χ0n) is 18.1. The predicted molar refractivity (Wildman–Crippen MR) is 111 cm³/mol. The third-order valence-electron chi connectivity index (χ3n) is 6.03. The molecule has 2 fully saturated rings. The fourth-order valence-electron chi connectivity index (χ4n) is 4.56. The number of carbonyl (C=O) groups excluding carboxylic acids is 2. The zero-order chi connectivity index (χ0) is 20.8. The maximum absolute atomic E-state index is 13.0. The first kappa shape index (κ1) is 21.8. The number of ether oxygens (including phenoxy) is 1. The number of methoxy groups -OCH3 is 1. The molecule has 162 valence electrons. The van der Waals surface area contributed by atoms with Gasteiger partial charge in [-0.05, 0) is 58.7 Å². The first-order chi connectivity index (χ1) is 14.0. The molecule has 0 saturated carbocycles. The number of hydrogen-bond acceptors (Lipinski definition) is 5. The highest BCUT2D eigenvalue weighted by Crippen LogP contribution is 2.20. The summed E-state index contributed by atoms with van der Waals surface area (Å²) in [4.78, 5) is 32.1. The highest BCUT2D eigenvalue weighted by molar-refractivity contribution is 5.95. The second kappa shape index (κ2) is 10.2. The van der Waals surface area contributed by atoms with Crippen LogP contribution in [-0.4, -0.2) is 95.3 Å². The van der Waals surface area contributed by atoms with Gasteiger partial charge >= 0.3 is 0 Å². The van der Waals surface area contributed by atoms with Gasteiger partial charge in [0.1, 0.15) is 6.61 Å². The number of likely N-dealkylation sites (tertiary alicyclic amines) is 2. The summed E-state index contributed by atoms with van der Waals surface area (Å²) in [5.41, 5.74) is 1.40. The highest BCUT2D eigenvalue weighted by atomic mass is 16.5. The van der Waals surface area contributed by atoms with E-state index in [1.165, 1.54) is 25.9 Å². The van der Waals surface area contributed by atoms with Gasteiger partial charge in [0.15, 0.2) is 0 Å². The highest BCUT2D eigenvalue weighted by Gasteiger charge is 2.31. The van der Waals surface area contributed by atoms with E-state index in [4.69, 9.17) is 4.74 Å². The minimum Gasteiger partial charge on any atom is -0.375 e. The summed E-state index contributed by atoms with van der Waals surface area (Å²) >= 11 is 0. The number of hydrogen-bond donors (Lipinski definition) is 0. The van der Waals surface area contributed by atoms with E-state index in [1.807, 2.05) is 23.8 Å². The number of amides is 2. The van der Waals surface area contributed by atoms with Gasteiger partial charge in [-0.15, -0.1) is 0 Å². The number of piperidine rings is 1. The molecule has 3 rings (SSSR count). The normalized spacial score (nSPS) is 20.2. The largest absolute Gasteiger partial charge is 0.375 e. The molecule has 29 heavy (non-hydrogen) atoms. The lowest BCUT2D eigenvalue weighted by atomic mass is 10.0. The summed E-state index contributed by atoms with van der Waals surface area (Å²) in [5.74, 6) is 0.0299. The molecule has 2 saturated heterocycles. The maximum Gasteiger partial charge on any atom is 0.257 e. The van der Waals surface area contributed by atoms with Crippen LogP contribution in [0.4, 0.5) is 0 Å². The molecule has 0 radical (unpaired) electrons. The van der Waals surface area contributed by atoms with Crippen molar-refractivity contribution in [2.75, 3.05) is 53.0 Å². The van der Waals surface area contributed by atoms with Crippen LogP contribution in [0.15, 0.2) is 6.20 Å². The topological polar surface area (TPSA) is 70.9 Å². The lowest BCUT2D eigenvalue weighted by Crippen LogP contribution is -2.53. The van der Waals surface area contributed by atoms with Crippen molar-refractivity contribution in [3.63, 3.8) is 0 Å². The minimum absolute atomic E-state index is 0.0107. The molecule has 0 N–H and O–H groups in total. The predicted octanol–water partition coefficient (Wildman–Crippen LogP) is 1.29. The quantitative estimate of drug-likeness (QED) is 0.652. The Morgan fingerprint density at radius 2 is 2.00 bits per heavy atom. The number of carbonyl (C=O) groups is 2. The van der Waals surface area contributed by atoms with Gasteiger partial charge in [0.05, 0.1) is 11.3 Å². The average molecular weight is 406 g/mol. The van der Waals surface area contributed by atoms with E-state index in [-0.39, 0.29) is 24.5 Å². The second-order valence-electron chi connectivity index (χ2n) is 8.27. The van der Waals surface area contributed by atoms with Crippen LogP contribution in [0.2, 0.25) is 0 Å². The molecule has 1 aromatic rings. The molecule has 2 aliphatic heterocycles. The molecule has 0 bridgehead atoms. The van der Waals surface area contributed by atoms with Crippen LogP contribution >= 0.6 is 0 Å². The van der Waals surface area contributed by atoms with Crippen LogP contribution in [0.3, 0.4) is 0 Å². The third-order valence-corrected chi connectivity index (χ3v) is 6.03. The van der Waals surface area contributed by atoms with Crippen molar-refractivity contribution in [2.45, 2.75) is 45.1 Å². The summed E-state index contributed by atoms with van der Waals surface area (Å²) in [5, 5.41) is 4.30. The molecular weight excluding hydrogens is 370 g/mol. The Bertz CT molecular complexity index is 698. The molecule has 1 atom stereocenters. The van der Waals surface area contributed by atoms with Crippen molar-refractivity contribution < 1.29 is 14.3 Å². The SMILES string of the molecule is COCC(=O)N(CCCN1CCCC1)C1CCCN(C(=O)c2cn(C)nc2C)C1. The lowest BCUT2D eigenvalue weighted by molar-refractivity contribution is -0.138. The van der Waals surface area contributed by atoms with Crippen molar-refractivity contribution in [1.82, 2.24) is 24.5 Å². The van der Waals surface area contributed by atoms with E-state index >= 15 is 0 Å². The Morgan fingerprint density at radius 3 is 2.66 bits per heavy atom. The molecule has 1 aromatic heterocycles. The monoisotopic (exact) mass is 405 g/mol. The van der Waals surface area contributed by atoms with Crippen LogP contribution in [0.1, 0.15) is 48.2 Å². The summed E-state index contributed by atoms with van der Waals surface area (Å²) in [6.45, 7) is 7.34. The van der Waals surface area contributed by atoms with Gasteiger partial charge < -0.3 is 19.4 Å². The van der Waals surface area contributed by atoms with Gasteiger partial charge in [-0.3, -0.25) is 14.3 Å². The maximum atomic E-state index is 13.0. The Morgan fingerprint density at radius 1 is 1.24 bits per heavy atom. The van der Waals surface area contributed by atoms with Crippen molar-refractivity contribution in [1.29, 1.82) is 0 Å². The van der Waals surface area contributed by atoms with Crippen molar-refractivity contribution >= 4 is 11.8 Å². The number of aryl methyl sites for hydroxylation is 2. The van der Waals surface area contributed by atoms with E-state index in [2.05, 4.69) is 10.00 Å². The zero-order valence-corrected chi connectivity index (χ0v) is 18.1. The van der Waals surface area contributed by atoms with E-state index in [0.29, 0.717) is 12.1 Å². The Hall–Kier alpha value is -1.93. The summed E-state index contributed by atoms with van der Waals surface area (Å²) in [6, 6.07) is 0.0471. The molecule has 2 amide bonds. The molecule has 8 heteroatoms. The van der Waals surface area contributed by atoms with Crippen LogP contribution in [0, 0.1) is 6.92 Å². The van der Waals surface area contributed by atoms with Gasteiger partial charge in [0.2, 0.25) is 5.91 Å². The van der Waals surface area contributed by atoms with Crippen LogP contribution < -0.4 is 0 Å². The van der Waals surface area contributed by atoms with E-state index in [9.17, 15) is 9.59 Å². The molecule has 3 heterocycles. The van der Waals surface area contributed by atoms with Crippen molar-refractivity contribution in [2.24, 2.45) is 7.05 Å². The first-order valence-electron chi connectivity index (χ1n) is 10.8. The summed E-state index contributed by atoms with van der Waals surface area (Å²) in [6.07, 6.45) is 7.12. The van der Waals surface area contributed by atoms with Crippen molar-refractivity contribution in [3.8, 4) is 0 Å². The van der Waals surface area contributed by atoms with Crippen LogP contribution in [0.5, 0.6) is 0 Å². The Labute approximate surface area is 173 Å². The molecule has 0 aromatic carbocycles. The Kier molecular flexibility index (Phi) is 7.66. The first-order valence-corrected chi connectivity index (χ1v) is 10.8.